The predicted octanol–water partition coefficient (Wildman–Crippen LogP) is 0.305. The number of para-hydroxylation sites is 2. The lowest BCUT2D eigenvalue weighted by Gasteiger charge is -2.58. The van der Waals surface area contributed by atoms with E-state index in [0.717, 1.165) is 27.2 Å². The second-order valence-corrected chi connectivity index (χ2v) is 18.7. The number of carbonyl (C=O) groups is 4. The molecular weight excluding hydrogens is 685 g/mol. The summed E-state index contributed by atoms with van der Waals surface area (Å²) in [6.07, 6.45) is -3.39. The molecular formula is C30H28N6O7S4. The molecule has 4 amide bonds. The normalized spacial score (nSPS) is 44.7. The molecule has 0 saturated carbocycles. The van der Waals surface area contributed by atoms with Crippen molar-refractivity contribution in [2.24, 2.45) is 0 Å². The molecule has 47 heavy (non-hydrogen) atoms. The van der Waals surface area contributed by atoms with Crippen LogP contribution in [0.15, 0.2) is 48.5 Å². The lowest BCUT2D eigenvalue weighted by Crippen LogP contribution is -2.79. The van der Waals surface area contributed by atoms with Gasteiger partial charge < -0.3 is 35.8 Å². The van der Waals surface area contributed by atoms with Crippen molar-refractivity contribution >= 4 is 78.2 Å². The summed E-state index contributed by atoms with van der Waals surface area (Å²) in [5, 5.41) is 41.7. The highest BCUT2D eigenvalue weighted by molar-refractivity contribution is 8.78. The first-order valence-electron chi connectivity index (χ1n) is 15.1. The van der Waals surface area contributed by atoms with E-state index in [2.05, 4.69) is 10.6 Å². The third-order valence-electron chi connectivity index (χ3n) is 12.1. The van der Waals surface area contributed by atoms with Gasteiger partial charge in [0.1, 0.15) is 18.4 Å². The van der Waals surface area contributed by atoms with E-state index < -0.39 is 79.7 Å². The van der Waals surface area contributed by atoms with Gasteiger partial charge in [-0.3, -0.25) is 29.0 Å². The van der Waals surface area contributed by atoms with E-state index >= 15 is 0 Å². The third-order valence-corrected chi connectivity index (χ3v) is 19.3. The van der Waals surface area contributed by atoms with E-state index in [1.165, 1.54) is 50.4 Å². The first-order valence-corrected chi connectivity index (χ1v) is 19.4. The number of hydrogen-bond donors (Lipinski definition) is 5. The van der Waals surface area contributed by atoms with E-state index in [0.29, 0.717) is 16.9 Å². The van der Waals surface area contributed by atoms with Crippen LogP contribution in [-0.2, 0) is 30.0 Å². The Morgan fingerprint density at radius 2 is 1.28 bits per heavy atom. The summed E-state index contributed by atoms with van der Waals surface area (Å²) < 4.78 is 0. The average Bonchev–Trinajstić information content (AvgIpc) is 3.75. The van der Waals surface area contributed by atoms with Gasteiger partial charge in [0.25, 0.3) is 23.6 Å². The largest absolute Gasteiger partial charge is 0.392 e. The molecule has 2 aromatic carbocycles. The number of hydrogen-bond acceptors (Lipinski definition) is 13. The Kier molecular flexibility index (Phi) is 5.26. The van der Waals surface area contributed by atoms with Crippen molar-refractivity contribution in [2.45, 2.75) is 55.2 Å². The second kappa shape index (κ2) is 8.49. The molecule has 4 bridgehead atoms. The minimum absolute atomic E-state index is 0.0530. The number of fused-ring (bicyclic) bond motifs is 11. The zero-order valence-electron chi connectivity index (χ0n) is 24.9. The van der Waals surface area contributed by atoms with Gasteiger partial charge in [-0.15, -0.1) is 0 Å². The maximum Gasteiger partial charge on any atom is 0.265 e. The van der Waals surface area contributed by atoms with Crippen molar-refractivity contribution in [3.8, 4) is 0 Å². The molecule has 0 radical (unpaired) electrons. The summed E-state index contributed by atoms with van der Waals surface area (Å²) in [6.45, 7) is -1.21. The molecule has 17 heteroatoms. The molecule has 0 unspecified atom stereocenters. The molecule has 8 fully saturated rings. The lowest BCUT2D eigenvalue weighted by molar-refractivity contribution is -0.169. The molecule has 5 N–H and O–H groups in total. The Bertz CT molecular complexity index is 1910. The van der Waals surface area contributed by atoms with Crippen LogP contribution in [0.5, 0.6) is 0 Å². The van der Waals surface area contributed by atoms with E-state index in [1.54, 1.807) is 4.90 Å². The zero-order chi connectivity index (χ0) is 32.7. The molecule has 10 heterocycles. The van der Waals surface area contributed by atoms with Crippen LogP contribution in [0.1, 0.15) is 17.5 Å². The van der Waals surface area contributed by atoms with E-state index in [-0.39, 0.29) is 12.3 Å². The fourth-order valence-electron chi connectivity index (χ4n) is 9.99. The molecule has 13 nitrogen and oxygen atoms in total. The van der Waals surface area contributed by atoms with E-state index in [1.807, 2.05) is 48.5 Å². The number of benzene rings is 2. The maximum atomic E-state index is 14.7. The number of anilines is 2. The maximum absolute atomic E-state index is 14.7. The van der Waals surface area contributed by atoms with Crippen LogP contribution in [0.25, 0.3) is 0 Å². The monoisotopic (exact) mass is 712 g/mol. The number of aliphatic hydroxyl groups excluding tert-OH is 3. The Morgan fingerprint density at radius 1 is 0.723 bits per heavy atom. The minimum Gasteiger partial charge on any atom is -0.392 e. The number of carbonyl (C=O) groups excluding carboxylic acids is 4. The summed E-state index contributed by atoms with van der Waals surface area (Å²) in [5.74, 6) is -1.77. The first-order chi connectivity index (χ1) is 22.5. The Morgan fingerprint density at radius 3 is 1.96 bits per heavy atom. The Labute approximate surface area is 283 Å². The van der Waals surface area contributed by atoms with Crippen molar-refractivity contribution < 1.29 is 34.5 Å². The van der Waals surface area contributed by atoms with Crippen molar-refractivity contribution in [1.29, 1.82) is 0 Å². The van der Waals surface area contributed by atoms with Gasteiger partial charge in [0.05, 0.1) is 24.0 Å². The predicted molar refractivity (Wildman–Crippen MR) is 176 cm³/mol. The number of aliphatic hydroxyl groups is 3. The minimum atomic E-state index is -1.78. The fourth-order valence-corrected chi connectivity index (χ4v) is 17.3. The highest BCUT2D eigenvalue weighted by Gasteiger charge is 2.90. The quantitative estimate of drug-likeness (QED) is 0.277. The highest BCUT2D eigenvalue weighted by atomic mass is 33.1. The van der Waals surface area contributed by atoms with Crippen LogP contribution in [0, 0.1) is 0 Å². The number of rotatable bonds is 3. The van der Waals surface area contributed by atoms with Gasteiger partial charge in [-0.2, -0.15) is 0 Å². The van der Waals surface area contributed by atoms with Crippen LogP contribution >= 0.6 is 43.2 Å². The molecule has 0 aliphatic carbocycles. The van der Waals surface area contributed by atoms with Crippen LogP contribution in [0.2, 0.25) is 0 Å². The molecule has 8 saturated heterocycles. The molecule has 9 atom stereocenters. The van der Waals surface area contributed by atoms with Gasteiger partial charge in [-0.1, -0.05) is 47.2 Å². The van der Waals surface area contributed by atoms with Gasteiger partial charge in [-0.25, -0.2) is 0 Å². The van der Waals surface area contributed by atoms with Gasteiger partial charge in [0, 0.05) is 31.9 Å². The fraction of sp³-hybridized carbons (Fsp3) is 0.467. The number of piperazine rings is 2. The van der Waals surface area contributed by atoms with Crippen molar-refractivity contribution in [1.82, 2.24) is 19.6 Å². The Balaban J connectivity index is 1.32. The smallest absolute Gasteiger partial charge is 0.265 e. The number of likely N-dealkylation sites (N-methyl/N-ethyl adjacent to an activating group) is 2. The van der Waals surface area contributed by atoms with E-state index in [9.17, 15) is 34.5 Å². The molecule has 10 aliphatic heterocycles. The van der Waals surface area contributed by atoms with Crippen LogP contribution in [-0.4, -0.2) is 124 Å². The third kappa shape index (κ3) is 2.53. The van der Waals surface area contributed by atoms with Crippen molar-refractivity contribution in [3.63, 3.8) is 0 Å². The molecule has 2 spiro atoms. The number of amides is 4. The van der Waals surface area contributed by atoms with Crippen LogP contribution in [0.4, 0.5) is 11.4 Å². The summed E-state index contributed by atoms with van der Waals surface area (Å²) in [4.78, 5) is 57.8. The zero-order valence-corrected chi connectivity index (χ0v) is 28.1. The van der Waals surface area contributed by atoms with Gasteiger partial charge in [0.2, 0.25) is 14.6 Å². The first kappa shape index (κ1) is 29.1. The van der Waals surface area contributed by atoms with Gasteiger partial charge in [-0.05, 0) is 55.6 Å². The molecule has 12 rings (SSSR count). The van der Waals surface area contributed by atoms with Crippen LogP contribution in [0.3, 0.4) is 0 Å². The molecule has 244 valence electrons. The van der Waals surface area contributed by atoms with Crippen molar-refractivity contribution in [2.75, 3.05) is 37.9 Å². The second-order valence-electron chi connectivity index (χ2n) is 13.4. The lowest BCUT2D eigenvalue weighted by atomic mass is 9.53. The molecule has 0 aromatic heterocycles. The number of nitrogens with one attached hydrogen (secondary N) is 2. The van der Waals surface area contributed by atoms with Crippen molar-refractivity contribution in [3.05, 3.63) is 59.7 Å². The number of nitrogens with zero attached hydrogens (tertiary/aromatic N) is 4. The SMILES string of the molecule is CN1C(=O)[C@]23C[C@]4([C@@]56c7ccccc7N[C@@H]5N5C(=O)[C@@]7(CO)SS[C@@]5(C(=O)N7C)[C@H]6O)c5ccccc5N[C@@H]4N2C(=O)[C@@]1(CO)SS3. The van der Waals surface area contributed by atoms with Crippen LogP contribution < -0.4 is 10.6 Å². The summed E-state index contributed by atoms with van der Waals surface area (Å²) >= 11 is 0. The standard InChI is InChI=1S/C30H28N6O7S4/c1-33-21(40)26-11-25(14-7-3-5-9-16(14)31-19(25)35(26)22(41)27(33,12-37)45-44-26)29-15-8-4-6-10-17(15)32-20(29)36-23(42)28(13-38)34(2)24(43)30(36,18(29)39)47-46-28/h3-10,18-20,31-32,37-39H,11-13H2,1-2H3/t18-,19+,20+,25-,26+,27+,28+,29+,30+/m0/s1. The topological polar surface area (TPSA) is 166 Å². The highest BCUT2D eigenvalue weighted by Crippen LogP contribution is 2.78. The molecule has 2 aromatic rings. The molecule has 10 aliphatic rings. The van der Waals surface area contributed by atoms with E-state index in [4.69, 9.17) is 0 Å². The van der Waals surface area contributed by atoms with Gasteiger partial charge >= 0.3 is 0 Å². The average molecular weight is 713 g/mol. The Hall–Kier alpha value is -2.80. The summed E-state index contributed by atoms with van der Waals surface area (Å²) in [6, 6.07) is 15.0. The summed E-state index contributed by atoms with van der Waals surface area (Å²) in [7, 11) is 7.58. The van der Waals surface area contributed by atoms with Gasteiger partial charge in [0.15, 0.2) is 4.87 Å². The summed E-state index contributed by atoms with van der Waals surface area (Å²) in [5.41, 5.74) is -0.00856.